The van der Waals surface area contributed by atoms with Gasteiger partial charge < -0.3 is 5.32 Å². The number of rotatable bonds is 3. The van der Waals surface area contributed by atoms with Crippen LogP contribution in [0, 0.1) is 11.8 Å². The van der Waals surface area contributed by atoms with E-state index in [2.05, 4.69) is 10.4 Å². The third-order valence-corrected chi connectivity index (χ3v) is 6.26. The van der Waals surface area contributed by atoms with E-state index in [1.807, 2.05) is 0 Å². The highest BCUT2D eigenvalue weighted by molar-refractivity contribution is 6.31. The molecule has 3 aliphatic rings. The van der Waals surface area contributed by atoms with Crippen molar-refractivity contribution in [3.8, 4) is 0 Å². The predicted octanol–water partition coefficient (Wildman–Crippen LogP) is 3.35. The zero-order valence-electron chi connectivity index (χ0n) is 16.0. The molecule has 0 saturated carbocycles. The maximum atomic E-state index is 13.4. The molecule has 4 atom stereocenters. The number of anilines is 2. The first-order valence-corrected chi connectivity index (χ1v) is 10.4. The maximum absolute atomic E-state index is 13.4. The monoisotopic (exact) mass is 454 g/mol. The largest absolute Gasteiger partial charge is 0.324 e. The molecule has 0 radical (unpaired) electrons. The quantitative estimate of drug-likeness (QED) is 0.720. The molecule has 7 nitrogen and oxygen atoms in total. The van der Waals surface area contributed by atoms with Gasteiger partial charge in [0.15, 0.2) is 0 Å². The molecular weight excluding hydrogens is 439 g/mol. The van der Waals surface area contributed by atoms with Crippen LogP contribution in [0.2, 0.25) is 10.0 Å². The maximum Gasteiger partial charge on any atom is 0.249 e. The number of hydrogen-bond donors (Lipinski definition) is 1. The molecule has 9 heteroatoms. The van der Waals surface area contributed by atoms with Crippen LogP contribution in [0.15, 0.2) is 65.8 Å². The van der Waals surface area contributed by atoms with Gasteiger partial charge in [0.2, 0.25) is 17.7 Å². The standard InChI is InChI=1S/C22H16Cl2N4O3/c23-12-3-7-14(8-4-12)26-20(29)19-18-17(16-2-1-11-25-28(16)19)21(30)27(22(18)31)15-9-5-13(24)6-10-15/h1-11,16-19H,(H,26,29)/t16-,17-,18-,19+/m0/s1. The molecule has 0 aromatic heterocycles. The van der Waals surface area contributed by atoms with Gasteiger partial charge in [-0.25, -0.2) is 4.90 Å². The molecule has 5 rings (SSSR count). The first-order chi connectivity index (χ1) is 15.0. The first kappa shape index (κ1) is 19.8. The average molecular weight is 455 g/mol. The lowest BCUT2D eigenvalue weighted by atomic mass is 9.88. The number of halogens is 2. The van der Waals surface area contributed by atoms with Crippen molar-refractivity contribution in [1.82, 2.24) is 5.01 Å². The zero-order valence-corrected chi connectivity index (χ0v) is 17.5. The number of carbonyl (C=O) groups excluding carboxylic acids is 3. The van der Waals surface area contributed by atoms with Gasteiger partial charge in [-0.3, -0.25) is 19.4 Å². The molecular formula is C22H16Cl2N4O3. The van der Waals surface area contributed by atoms with Crippen molar-refractivity contribution in [2.75, 3.05) is 10.2 Å². The van der Waals surface area contributed by atoms with Crippen LogP contribution in [0.3, 0.4) is 0 Å². The Bertz CT molecular complexity index is 1120. The van der Waals surface area contributed by atoms with Crippen LogP contribution < -0.4 is 10.2 Å². The third-order valence-electron chi connectivity index (χ3n) is 5.76. The van der Waals surface area contributed by atoms with Gasteiger partial charge in [0.05, 0.1) is 23.6 Å². The van der Waals surface area contributed by atoms with Gasteiger partial charge in [0.1, 0.15) is 6.04 Å². The minimum Gasteiger partial charge on any atom is -0.324 e. The lowest BCUT2D eigenvalue weighted by Gasteiger charge is -2.30. The van der Waals surface area contributed by atoms with E-state index in [1.54, 1.807) is 71.9 Å². The van der Waals surface area contributed by atoms with Crippen LogP contribution in [0.25, 0.3) is 0 Å². The van der Waals surface area contributed by atoms with Crippen molar-refractivity contribution in [3.63, 3.8) is 0 Å². The summed E-state index contributed by atoms with van der Waals surface area (Å²) < 4.78 is 0. The van der Waals surface area contributed by atoms with Crippen LogP contribution in [-0.4, -0.2) is 41.0 Å². The lowest BCUT2D eigenvalue weighted by molar-refractivity contribution is -0.129. The lowest BCUT2D eigenvalue weighted by Crippen LogP contribution is -2.47. The highest BCUT2D eigenvalue weighted by Crippen LogP contribution is 2.45. The van der Waals surface area contributed by atoms with E-state index in [1.165, 1.54) is 0 Å². The summed E-state index contributed by atoms with van der Waals surface area (Å²) in [7, 11) is 0. The molecule has 3 heterocycles. The number of hydrogen-bond acceptors (Lipinski definition) is 5. The van der Waals surface area contributed by atoms with Crippen LogP contribution in [0.1, 0.15) is 0 Å². The molecule has 0 unspecified atom stereocenters. The second-order valence-electron chi connectivity index (χ2n) is 7.50. The Kier molecular flexibility index (Phi) is 4.79. The summed E-state index contributed by atoms with van der Waals surface area (Å²) in [6.07, 6.45) is 5.07. The zero-order chi connectivity index (χ0) is 21.7. The number of amides is 3. The molecule has 3 amide bonds. The molecule has 31 heavy (non-hydrogen) atoms. The van der Waals surface area contributed by atoms with Crippen molar-refractivity contribution in [2.24, 2.45) is 16.9 Å². The highest BCUT2D eigenvalue weighted by atomic mass is 35.5. The van der Waals surface area contributed by atoms with Gasteiger partial charge in [-0.15, -0.1) is 0 Å². The van der Waals surface area contributed by atoms with Crippen molar-refractivity contribution < 1.29 is 14.4 Å². The van der Waals surface area contributed by atoms with Gasteiger partial charge in [0, 0.05) is 21.9 Å². The highest BCUT2D eigenvalue weighted by Gasteiger charge is 2.64. The smallest absolute Gasteiger partial charge is 0.249 e. The fourth-order valence-electron chi connectivity index (χ4n) is 4.43. The van der Waals surface area contributed by atoms with Gasteiger partial charge in [-0.05, 0) is 54.6 Å². The van der Waals surface area contributed by atoms with Gasteiger partial charge in [0.25, 0.3) is 0 Å². The minimum absolute atomic E-state index is 0.351. The fourth-order valence-corrected chi connectivity index (χ4v) is 4.68. The predicted molar refractivity (Wildman–Crippen MR) is 118 cm³/mol. The number of nitrogens with zero attached hydrogens (tertiary/aromatic N) is 3. The number of benzene rings is 2. The van der Waals surface area contributed by atoms with Crippen LogP contribution in [0.4, 0.5) is 11.4 Å². The Labute approximate surface area is 187 Å². The molecule has 0 aliphatic carbocycles. The van der Waals surface area contributed by atoms with Crippen molar-refractivity contribution in [3.05, 3.63) is 70.7 Å². The Hall–Kier alpha value is -3.16. The van der Waals surface area contributed by atoms with Crippen molar-refractivity contribution in [1.29, 1.82) is 0 Å². The molecule has 2 aromatic rings. The van der Waals surface area contributed by atoms with Crippen LogP contribution in [0.5, 0.6) is 0 Å². The number of carbonyl (C=O) groups is 3. The van der Waals surface area contributed by atoms with Crippen molar-refractivity contribution >= 4 is 58.5 Å². The number of allylic oxidation sites excluding steroid dienone is 1. The molecule has 156 valence electrons. The molecule has 1 N–H and O–H groups in total. The average Bonchev–Trinajstić information content (AvgIpc) is 3.24. The summed E-state index contributed by atoms with van der Waals surface area (Å²) in [5.41, 5.74) is 0.970. The van der Waals surface area contributed by atoms with Crippen LogP contribution in [-0.2, 0) is 14.4 Å². The van der Waals surface area contributed by atoms with E-state index < -0.39 is 35.7 Å². The topological polar surface area (TPSA) is 82.1 Å². The van der Waals surface area contributed by atoms with E-state index in [0.29, 0.717) is 21.4 Å². The summed E-state index contributed by atoms with van der Waals surface area (Å²) in [4.78, 5) is 41.1. The summed E-state index contributed by atoms with van der Waals surface area (Å²) >= 11 is 11.9. The van der Waals surface area contributed by atoms with E-state index in [9.17, 15) is 14.4 Å². The van der Waals surface area contributed by atoms with Gasteiger partial charge in [-0.1, -0.05) is 29.3 Å². The van der Waals surface area contributed by atoms with E-state index in [0.717, 1.165) is 4.90 Å². The van der Waals surface area contributed by atoms with E-state index >= 15 is 0 Å². The number of hydrazone groups is 1. The van der Waals surface area contributed by atoms with Crippen molar-refractivity contribution in [2.45, 2.75) is 12.1 Å². The first-order valence-electron chi connectivity index (χ1n) is 9.64. The Morgan fingerprint density at radius 3 is 2.19 bits per heavy atom. The number of nitrogens with one attached hydrogen (secondary N) is 1. The summed E-state index contributed by atoms with van der Waals surface area (Å²) in [5.74, 6) is -2.76. The molecule has 2 fully saturated rings. The Balaban J connectivity index is 1.50. The normalized spacial score (nSPS) is 26.3. The molecule has 3 aliphatic heterocycles. The SMILES string of the molecule is O=C(Nc1ccc(Cl)cc1)[C@H]1[C@H]2C(=O)N(c3ccc(Cl)cc3)C(=O)[C@H]2[C@@H]2C=CC=NN21. The second-order valence-corrected chi connectivity index (χ2v) is 8.37. The van der Waals surface area contributed by atoms with Crippen LogP contribution >= 0.6 is 23.2 Å². The Morgan fingerprint density at radius 1 is 0.903 bits per heavy atom. The molecule has 2 aromatic carbocycles. The summed E-state index contributed by atoms with van der Waals surface area (Å²) in [6, 6.07) is 11.7. The third kappa shape index (κ3) is 3.21. The number of fused-ring (bicyclic) bond motifs is 3. The summed E-state index contributed by atoms with van der Waals surface area (Å²) in [6.45, 7) is 0. The van der Waals surface area contributed by atoms with E-state index in [4.69, 9.17) is 23.2 Å². The fraction of sp³-hybridized carbons (Fsp3) is 0.182. The van der Waals surface area contributed by atoms with Gasteiger partial charge >= 0.3 is 0 Å². The minimum atomic E-state index is -0.930. The summed E-state index contributed by atoms with van der Waals surface area (Å²) in [5, 5.41) is 9.72. The number of imide groups is 1. The van der Waals surface area contributed by atoms with Gasteiger partial charge in [-0.2, -0.15) is 5.10 Å². The second kappa shape index (κ2) is 7.51. The van der Waals surface area contributed by atoms with E-state index in [-0.39, 0.29) is 5.91 Å². The Morgan fingerprint density at radius 2 is 1.52 bits per heavy atom. The molecule has 2 saturated heterocycles. The molecule has 0 spiro atoms. The molecule has 0 bridgehead atoms.